The Bertz CT molecular complexity index is 2490. The third kappa shape index (κ3) is 19.8. The minimum atomic E-state index is -1.67. The second kappa shape index (κ2) is 35.1. The second-order valence-corrected chi connectivity index (χ2v) is 25.7. The molecule has 2 aliphatic rings. The van der Waals surface area contributed by atoms with E-state index in [-0.39, 0.29) is 57.2 Å². The summed E-state index contributed by atoms with van der Waals surface area (Å²) in [5.41, 5.74) is 0. The molecule has 14 atom stereocenters. The van der Waals surface area contributed by atoms with E-state index in [0.29, 0.717) is 0 Å². The summed E-state index contributed by atoms with van der Waals surface area (Å²) in [5, 5.41) is 29.9. The van der Waals surface area contributed by atoms with Gasteiger partial charge in [-0.25, -0.2) is 0 Å². The molecule has 25 heteroatoms. The molecule has 0 spiro atoms. The Hall–Kier alpha value is -6.47. The number of likely N-dealkylation sites (N-methyl/N-ethyl adjacent to an activating group) is 7. The average molecular weight is 1240 g/mol. The van der Waals surface area contributed by atoms with E-state index < -0.39 is 168 Å². The number of hydrogen-bond donors (Lipinski definition) is 5. The maximum absolute atomic E-state index is 15.5. The van der Waals surface area contributed by atoms with E-state index in [9.17, 15) is 48.6 Å². The monoisotopic (exact) mass is 1240 g/mol. The summed E-state index contributed by atoms with van der Waals surface area (Å²) in [6, 6.07) is -14.5. The molecule has 2 fully saturated rings. The Labute approximate surface area is 523 Å². The van der Waals surface area contributed by atoms with Crippen LogP contribution in [0.3, 0.4) is 0 Å². The standard InChI is InChI=1S/C63H109N11O14/c1-23-25-28-39(11)53(77)52-56(80)65-44(24-2)59(83)67(16)34-48(76)71(20)51(43(15)88-30-27-26-29-75)55(79)66-49(37(7)8)62(86)68(17)45(31-35(3)4)54(78)64-41(13)57(81)74-40(12)33-47(61(85)72(21)50(38(9)10)63(87)73(52)22)70(19)60(84)46(32-36(5)6)69(18)58(82)42(74)14/h23,25-27,35-47,49-53,75,77H,24,28-34H2,1-22H3,(H,64,78)(H,65,80)(H,66,79)/b25-23+,27-26+/t39-,40?,41+,42-,43-,44+,45+,46+,47+,49+,50+,51+,52+,53-/m1/s1. The van der Waals surface area contributed by atoms with Crippen LogP contribution in [0.2, 0.25) is 0 Å². The lowest BCUT2D eigenvalue weighted by molar-refractivity contribution is -0.161. The normalized spacial score (nSPS) is 28.2. The molecule has 500 valence electrons. The lowest BCUT2D eigenvalue weighted by Gasteiger charge is -2.45. The van der Waals surface area contributed by atoms with Gasteiger partial charge in [-0.2, -0.15) is 0 Å². The maximum atomic E-state index is 15.5. The minimum Gasteiger partial charge on any atom is -0.392 e. The molecule has 2 heterocycles. The van der Waals surface area contributed by atoms with Crippen LogP contribution in [0.15, 0.2) is 24.3 Å². The number of carbonyl (C=O) groups excluding carboxylic acids is 11. The Kier molecular flexibility index (Phi) is 30.9. The number of hydrogen-bond acceptors (Lipinski definition) is 14. The van der Waals surface area contributed by atoms with Gasteiger partial charge in [-0.3, -0.25) is 52.7 Å². The van der Waals surface area contributed by atoms with E-state index in [1.54, 1.807) is 67.5 Å². The Balaban J connectivity index is 3.17. The first kappa shape index (κ1) is 77.6. The quantitative estimate of drug-likeness (QED) is 0.137. The third-order valence-corrected chi connectivity index (χ3v) is 17.1. The summed E-state index contributed by atoms with van der Waals surface area (Å²) >= 11 is 0. The van der Waals surface area contributed by atoms with Crippen molar-refractivity contribution in [2.45, 2.75) is 215 Å². The highest BCUT2D eigenvalue weighted by molar-refractivity contribution is 6.00. The molecule has 0 aliphatic carbocycles. The molecule has 0 aromatic heterocycles. The first-order chi connectivity index (χ1) is 40.9. The largest absolute Gasteiger partial charge is 0.392 e. The number of allylic oxidation sites excluding steroid dienone is 2. The van der Waals surface area contributed by atoms with Crippen molar-refractivity contribution in [3.8, 4) is 0 Å². The number of aliphatic hydroxyl groups excluding tert-OH is 2. The molecular formula is C63H109N11O14. The number of fused-ring (bicyclic) bond motifs is 3. The molecule has 5 N–H and O–H groups in total. The molecule has 1 unspecified atom stereocenters. The Morgan fingerprint density at radius 1 is 0.568 bits per heavy atom. The van der Waals surface area contributed by atoms with Crippen LogP contribution < -0.4 is 16.0 Å². The van der Waals surface area contributed by atoms with Gasteiger partial charge in [0.2, 0.25) is 65.0 Å². The summed E-state index contributed by atoms with van der Waals surface area (Å²) in [7, 11) is 9.65. The topological polar surface area (TPSA) is 299 Å². The summed E-state index contributed by atoms with van der Waals surface area (Å²) in [6.07, 6.45) is 4.11. The smallest absolute Gasteiger partial charge is 0.246 e. The van der Waals surface area contributed by atoms with Crippen LogP contribution >= 0.6 is 0 Å². The van der Waals surface area contributed by atoms with Crippen molar-refractivity contribution >= 4 is 65.0 Å². The summed E-state index contributed by atoms with van der Waals surface area (Å²) in [6.45, 7) is 24.3. The number of amides is 11. The molecule has 0 aromatic rings. The number of nitrogens with one attached hydrogen (secondary N) is 3. The fourth-order valence-corrected chi connectivity index (χ4v) is 11.6. The van der Waals surface area contributed by atoms with Gasteiger partial charge in [-0.15, -0.1) is 0 Å². The van der Waals surface area contributed by atoms with Crippen LogP contribution in [0.5, 0.6) is 0 Å². The zero-order chi connectivity index (χ0) is 67.7. The highest BCUT2D eigenvalue weighted by atomic mass is 16.5. The number of ether oxygens (including phenoxy) is 1. The van der Waals surface area contributed by atoms with Crippen LogP contribution in [0.1, 0.15) is 136 Å². The maximum Gasteiger partial charge on any atom is 0.246 e. The van der Waals surface area contributed by atoms with Gasteiger partial charge >= 0.3 is 0 Å². The second-order valence-electron chi connectivity index (χ2n) is 25.7. The van der Waals surface area contributed by atoms with Crippen molar-refractivity contribution in [1.82, 2.24) is 55.1 Å². The van der Waals surface area contributed by atoms with Gasteiger partial charge in [0.25, 0.3) is 0 Å². The van der Waals surface area contributed by atoms with Crippen LogP contribution in [0, 0.1) is 29.6 Å². The van der Waals surface area contributed by atoms with E-state index in [4.69, 9.17) is 4.74 Å². The van der Waals surface area contributed by atoms with Crippen LogP contribution in [0.25, 0.3) is 0 Å². The number of rotatable bonds is 16. The van der Waals surface area contributed by atoms with Crippen LogP contribution in [0.4, 0.5) is 0 Å². The average Bonchev–Trinajstić information content (AvgIpc) is 1.99. The SMILES string of the molecule is C/C=C/C[C@@H](C)[C@@H](O)[C@H]1C(=O)N[C@@H](CC)C(=O)N(C)CC(=O)N(C)[C@@H]([C@@H](C)OC/C=C/CO)C(=O)N[C@@H](C(C)C)C(=O)N(C)[C@@H](CC(C)C)C(=O)N[C@@H](C)C(=O)N2C(C)C[C@@H](C(=O)N(C)[C@@H](C(C)C)C(=O)N1C)N(C)C(=O)[C@H](CC(C)C)N(C)C(=O)[C@H]2C. The van der Waals surface area contributed by atoms with Crippen molar-refractivity contribution in [2.24, 2.45) is 29.6 Å². The zero-order valence-electron chi connectivity index (χ0n) is 56.7. The van der Waals surface area contributed by atoms with E-state index >= 15 is 14.4 Å². The van der Waals surface area contributed by atoms with Crippen molar-refractivity contribution in [1.29, 1.82) is 0 Å². The summed E-state index contributed by atoms with van der Waals surface area (Å²) < 4.78 is 5.99. The molecule has 0 aromatic carbocycles. The first-order valence-corrected chi connectivity index (χ1v) is 31.1. The molecule has 11 amide bonds. The zero-order valence-corrected chi connectivity index (χ0v) is 56.7. The van der Waals surface area contributed by atoms with Crippen LogP contribution in [-0.2, 0) is 57.5 Å². The first-order valence-electron chi connectivity index (χ1n) is 31.1. The van der Waals surface area contributed by atoms with E-state index in [2.05, 4.69) is 16.0 Å². The fraction of sp³-hybridized carbons (Fsp3) is 0.762. The predicted molar refractivity (Wildman–Crippen MR) is 334 cm³/mol. The van der Waals surface area contributed by atoms with Gasteiger partial charge in [-0.1, -0.05) is 93.5 Å². The van der Waals surface area contributed by atoms with Crippen LogP contribution in [-0.4, -0.2) is 262 Å². The molecule has 2 saturated heterocycles. The van der Waals surface area contributed by atoms with Crippen molar-refractivity contribution in [2.75, 3.05) is 69.1 Å². The molecule has 2 bridgehead atoms. The van der Waals surface area contributed by atoms with Gasteiger partial charge in [0.05, 0.1) is 32.0 Å². The van der Waals surface area contributed by atoms with Gasteiger partial charge < -0.3 is 70.1 Å². The lowest BCUT2D eigenvalue weighted by atomic mass is 9.91. The molecular weight excluding hydrogens is 1130 g/mol. The number of carbonyl (C=O) groups is 11. The Morgan fingerprint density at radius 2 is 1.11 bits per heavy atom. The number of nitrogens with zero attached hydrogens (tertiary/aromatic N) is 8. The highest BCUT2D eigenvalue weighted by Gasteiger charge is 2.48. The van der Waals surface area contributed by atoms with Crippen molar-refractivity contribution in [3.05, 3.63) is 24.3 Å². The highest BCUT2D eigenvalue weighted by Crippen LogP contribution is 2.28. The third-order valence-electron chi connectivity index (χ3n) is 17.1. The van der Waals surface area contributed by atoms with Crippen molar-refractivity contribution < 1.29 is 67.7 Å². The van der Waals surface area contributed by atoms with Crippen molar-refractivity contribution in [3.63, 3.8) is 0 Å². The molecule has 0 radical (unpaired) electrons. The van der Waals surface area contributed by atoms with Gasteiger partial charge in [0, 0.05) is 55.4 Å². The van der Waals surface area contributed by atoms with Gasteiger partial charge in [-0.05, 0) is 96.3 Å². The van der Waals surface area contributed by atoms with Gasteiger partial charge in [0.15, 0.2) is 0 Å². The molecule has 88 heavy (non-hydrogen) atoms. The molecule has 2 aliphatic heterocycles. The lowest BCUT2D eigenvalue weighted by Crippen LogP contribution is -2.65. The number of aliphatic hydroxyl groups is 2. The molecule has 25 nitrogen and oxygen atoms in total. The minimum absolute atomic E-state index is 0.0237. The van der Waals surface area contributed by atoms with E-state index in [1.807, 2.05) is 27.7 Å². The van der Waals surface area contributed by atoms with E-state index in [1.165, 1.54) is 107 Å². The Morgan fingerprint density at radius 3 is 1.64 bits per heavy atom. The summed E-state index contributed by atoms with van der Waals surface area (Å²) in [4.78, 5) is 173. The van der Waals surface area contributed by atoms with E-state index in [0.717, 1.165) is 14.7 Å². The van der Waals surface area contributed by atoms with Gasteiger partial charge in [0.1, 0.15) is 60.4 Å². The molecule has 2 rings (SSSR count). The summed E-state index contributed by atoms with van der Waals surface area (Å²) in [5.74, 6) is -10.3. The fourth-order valence-electron chi connectivity index (χ4n) is 11.6. The predicted octanol–water partition coefficient (Wildman–Crippen LogP) is 1.63. The molecule has 0 saturated carbocycles.